The predicted molar refractivity (Wildman–Crippen MR) is 45.3 cm³/mol. The van der Waals surface area contributed by atoms with E-state index in [0.717, 1.165) is 0 Å². The lowest BCUT2D eigenvalue weighted by Gasteiger charge is -1.98. The minimum absolute atomic E-state index is 0. The number of nitrogen functional groups attached to an aromatic ring is 1. The second kappa shape index (κ2) is 4.69. The Morgan fingerprint density at radius 1 is 1.42 bits per heavy atom. The molecule has 66 valence electrons. The molecule has 0 fully saturated rings. The van der Waals surface area contributed by atoms with Crippen molar-refractivity contribution >= 4 is 18.3 Å². The van der Waals surface area contributed by atoms with Gasteiger partial charge in [-0.25, -0.2) is 10.2 Å². The van der Waals surface area contributed by atoms with E-state index in [2.05, 4.69) is 0 Å². The number of hydrazine groups is 1. The smallest absolute Gasteiger partial charge is 0.268 e. The Morgan fingerprint density at radius 3 is 2.50 bits per heavy atom. The molecule has 0 saturated heterocycles. The molecule has 0 unspecified atom stereocenters. The molecule has 5 heteroatoms. The molecule has 0 radical (unpaired) electrons. The zero-order chi connectivity index (χ0) is 8.27. The summed E-state index contributed by atoms with van der Waals surface area (Å²) in [6.45, 7) is 0. The molecule has 3 nitrogen and oxygen atoms in total. The maximum absolute atomic E-state index is 12.7. The summed E-state index contributed by atoms with van der Waals surface area (Å²) in [5.41, 5.74) is 1.80. The van der Waals surface area contributed by atoms with Gasteiger partial charge < -0.3 is 0 Å². The lowest BCUT2D eigenvalue weighted by atomic mass is 10.2. The highest BCUT2D eigenvalue weighted by Crippen LogP contribution is 2.04. The van der Waals surface area contributed by atoms with Crippen LogP contribution in [0.2, 0.25) is 0 Å². The SMILES string of the molecule is Cl.NNC(=O)c1ccccc1F. The van der Waals surface area contributed by atoms with Gasteiger partial charge in [0.2, 0.25) is 0 Å². The number of hydrogen-bond donors (Lipinski definition) is 2. The van der Waals surface area contributed by atoms with Crippen LogP contribution in [0.4, 0.5) is 4.39 Å². The Bertz CT molecular complexity index is 280. The van der Waals surface area contributed by atoms with Crippen molar-refractivity contribution in [2.24, 2.45) is 5.84 Å². The van der Waals surface area contributed by atoms with Crippen LogP contribution in [0.1, 0.15) is 10.4 Å². The molecule has 0 spiro atoms. The Hall–Kier alpha value is -1.13. The Balaban J connectivity index is 0.00000121. The molecule has 1 rings (SSSR count). The number of nitrogens with one attached hydrogen (secondary N) is 1. The lowest BCUT2D eigenvalue weighted by molar-refractivity contribution is 0.0949. The molecule has 0 aliphatic heterocycles. The van der Waals surface area contributed by atoms with E-state index in [1.165, 1.54) is 18.2 Å². The Labute approximate surface area is 75.1 Å². The van der Waals surface area contributed by atoms with Gasteiger partial charge >= 0.3 is 0 Å². The van der Waals surface area contributed by atoms with Crippen LogP contribution in [0.15, 0.2) is 24.3 Å². The van der Waals surface area contributed by atoms with Gasteiger partial charge in [0, 0.05) is 0 Å². The van der Waals surface area contributed by atoms with Gasteiger partial charge in [-0.3, -0.25) is 10.2 Å². The molecule has 0 heterocycles. The van der Waals surface area contributed by atoms with Crippen molar-refractivity contribution in [3.63, 3.8) is 0 Å². The van der Waals surface area contributed by atoms with Gasteiger partial charge in [0.15, 0.2) is 0 Å². The molecule has 1 aromatic carbocycles. The van der Waals surface area contributed by atoms with E-state index < -0.39 is 11.7 Å². The summed E-state index contributed by atoms with van der Waals surface area (Å²) in [6, 6.07) is 5.62. The molecule has 0 bridgehead atoms. The van der Waals surface area contributed by atoms with E-state index in [0.29, 0.717) is 0 Å². The largest absolute Gasteiger partial charge is 0.290 e. The minimum atomic E-state index is -0.622. The maximum Gasteiger partial charge on any atom is 0.268 e. The average Bonchev–Trinajstić information content (AvgIpc) is 2.04. The summed E-state index contributed by atoms with van der Waals surface area (Å²) < 4.78 is 12.7. The molecule has 0 saturated carbocycles. The highest BCUT2D eigenvalue weighted by atomic mass is 35.5. The summed E-state index contributed by atoms with van der Waals surface area (Å²) in [6.07, 6.45) is 0. The predicted octanol–water partition coefficient (Wildman–Crippen LogP) is 0.851. The summed E-state index contributed by atoms with van der Waals surface area (Å²) in [5.74, 6) is 3.61. The molecule has 0 aromatic heterocycles. The molecule has 1 amide bonds. The molecule has 1 aromatic rings. The van der Waals surface area contributed by atoms with E-state index in [-0.39, 0.29) is 18.0 Å². The van der Waals surface area contributed by atoms with Gasteiger partial charge in [-0.05, 0) is 12.1 Å². The van der Waals surface area contributed by atoms with E-state index in [4.69, 9.17) is 5.84 Å². The third-order valence-corrected chi connectivity index (χ3v) is 1.25. The van der Waals surface area contributed by atoms with E-state index in [1.807, 2.05) is 5.43 Å². The maximum atomic E-state index is 12.7. The highest BCUT2D eigenvalue weighted by molar-refractivity contribution is 5.93. The molecule has 12 heavy (non-hydrogen) atoms. The summed E-state index contributed by atoms with van der Waals surface area (Å²) in [4.78, 5) is 10.8. The van der Waals surface area contributed by atoms with Gasteiger partial charge in [0.1, 0.15) is 5.82 Å². The fourth-order valence-electron chi connectivity index (χ4n) is 0.723. The van der Waals surface area contributed by atoms with Gasteiger partial charge in [-0.2, -0.15) is 0 Å². The van der Waals surface area contributed by atoms with Crippen LogP contribution in [-0.4, -0.2) is 5.91 Å². The first-order valence-electron chi connectivity index (χ1n) is 3.01. The number of hydrogen-bond acceptors (Lipinski definition) is 2. The van der Waals surface area contributed by atoms with Crippen molar-refractivity contribution in [3.8, 4) is 0 Å². The van der Waals surface area contributed by atoms with Crippen LogP contribution < -0.4 is 11.3 Å². The summed E-state index contributed by atoms with van der Waals surface area (Å²) in [7, 11) is 0. The van der Waals surface area contributed by atoms with Gasteiger partial charge in [-0.1, -0.05) is 12.1 Å². The fraction of sp³-hybridized carbons (Fsp3) is 0. The first-order chi connectivity index (χ1) is 5.25. The van der Waals surface area contributed by atoms with Crippen molar-refractivity contribution in [2.75, 3.05) is 0 Å². The van der Waals surface area contributed by atoms with Crippen molar-refractivity contribution in [1.82, 2.24) is 5.43 Å². The van der Waals surface area contributed by atoms with E-state index >= 15 is 0 Å². The standard InChI is InChI=1S/C7H7FN2O.ClH/c8-6-4-2-1-3-5(6)7(11)10-9;/h1-4H,9H2,(H,10,11);1H. The van der Waals surface area contributed by atoms with Crippen LogP contribution in [0.5, 0.6) is 0 Å². The van der Waals surface area contributed by atoms with Crippen molar-refractivity contribution in [3.05, 3.63) is 35.6 Å². The Kier molecular flexibility index (Phi) is 4.25. The average molecular weight is 191 g/mol. The zero-order valence-electron chi connectivity index (χ0n) is 6.08. The second-order valence-electron chi connectivity index (χ2n) is 1.95. The first-order valence-corrected chi connectivity index (χ1v) is 3.01. The van der Waals surface area contributed by atoms with Gasteiger partial charge in [0.25, 0.3) is 5.91 Å². The normalized spacial score (nSPS) is 8.50. The minimum Gasteiger partial charge on any atom is -0.290 e. The first kappa shape index (κ1) is 10.9. The van der Waals surface area contributed by atoms with E-state index in [1.54, 1.807) is 6.07 Å². The number of rotatable bonds is 1. The lowest BCUT2D eigenvalue weighted by Crippen LogP contribution is -2.30. The van der Waals surface area contributed by atoms with Gasteiger partial charge in [0.05, 0.1) is 5.56 Å². The zero-order valence-corrected chi connectivity index (χ0v) is 6.90. The molecule has 0 atom stereocenters. The van der Waals surface area contributed by atoms with Crippen LogP contribution >= 0.6 is 12.4 Å². The number of benzene rings is 1. The van der Waals surface area contributed by atoms with Crippen LogP contribution in [0.25, 0.3) is 0 Å². The molecule has 0 aliphatic carbocycles. The van der Waals surface area contributed by atoms with Crippen LogP contribution in [0.3, 0.4) is 0 Å². The molecule has 3 N–H and O–H groups in total. The van der Waals surface area contributed by atoms with Crippen LogP contribution in [-0.2, 0) is 0 Å². The third kappa shape index (κ3) is 2.18. The summed E-state index contributed by atoms with van der Waals surface area (Å²) >= 11 is 0. The number of amides is 1. The van der Waals surface area contributed by atoms with E-state index in [9.17, 15) is 9.18 Å². The third-order valence-electron chi connectivity index (χ3n) is 1.25. The quantitative estimate of drug-likeness (QED) is 0.392. The monoisotopic (exact) mass is 190 g/mol. The molecular weight excluding hydrogens is 183 g/mol. The van der Waals surface area contributed by atoms with Crippen LogP contribution in [0, 0.1) is 5.82 Å². The van der Waals surface area contributed by atoms with Crippen molar-refractivity contribution in [2.45, 2.75) is 0 Å². The van der Waals surface area contributed by atoms with Crippen molar-refractivity contribution < 1.29 is 9.18 Å². The second-order valence-corrected chi connectivity index (χ2v) is 1.95. The topological polar surface area (TPSA) is 55.1 Å². The van der Waals surface area contributed by atoms with Gasteiger partial charge in [-0.15, -0.1) is 12.4 Å². The number of halogens is 2. The number of carbonyl (C=O) groups excluding carboxylic acids is 1. The Morgan fingerprint density at radius 2 is 2.00 bits per heavy atom. The number of nitrogens with two attached hydrogens (primary N) is 1. The molecular formula is C7H8ClFN2O. The van der Waals surface area contributed by atoms with Crippen molar-refractivity contribution in [1.29, 1.82) is 0 Å². The summed E-state index contributed by atoms with van der Waals surface area (Å²) in [5, 5.41) is 0. The fourth-order valence-corrected chi connectivity index (χ4v) is 0.723. The molecule has 0 aliphatic rings. The number of carbonyl (C=O) groups is 1. The highest BCUT2D eigenvalue weighted by Gasteiger charge is 2.07.